The van der Waals surface area contributed by atoms with Gasteiger partial charge in [0.05, 0.1) is 17.5 Å². The van der Waals surface area contributed by atoms with Gasteiger partial charge in [-0.15, -0.1) is 0 Å². The van der Waals surface area contributed by atoms with Gasteiger partial charge in [-0.1, -0.05) is 28.1 Å². The Morgan fingerprint density at radius 1 is 1.50 bits per heavy atom. The number of alkyl halides is 1. The zero-order valence-electron chi connectivity index (χ0n) is 8.53. The monoisotopic (exact) mass is 282 g/mol. The Labute approximate surface area is 101 Å². The third kappa shape index (κ3) is 2.24. The quantitative estimate of drug-likeness (QED) is 0.845. The van der Waals surface area contributed by atoms with Gasteiger partial charge in [0.25, 0.3) is 0 Å². The lowest BCUT2D eigenvalue weighted by atomic mass is 10.1. The number of H-pyrrole nitrogens is 1. The van der Waals surface area contributed by atoms with Gasteiger partial charge in [-0.3, -0.25) is 4.79 Å². The molecule has 2 N–H and O–H groups in total. The maximum atomic E-state index is 10.7. The van der Waals surface area contributed by atoms with Crippen molar-refractivity contribution in [2.24, 2.45) is 0 Å². The van der Waals surface area contributed by atoms with Gasteiger partial charge in [-0.05, 0) is 11.6 Å². The summed E-state index contributed by atoms with van der Waals surface area (Å²) in [6.45, 7) is 0. The predicted molar refractivity (Wildman–Crippen MR) is 64.9 cm³/mol. The predicted octanol–water partition coefficient (Wildman–Crippen LogP) is 2.13. The summed E-state index contributed by atoms with van der Waals surface area (Å²) in [6, 6.07) is 5.55. The second kappa shape index (κ2) is 4.65. The summed E-state index contributed by atoms with van der Waals surface area (Å²) in [5, 5.41) is 9.63. The average Bonchev–Trinajstić information content (AvgIpc) is 2.61. The van der Waals surface area contributed by atoms with Crippen LogP contribution in [0.1, 0.15) is 11.4 Å². The SMILES string of the molecule is O=C(O)Cc1cccc2[nH]c(CCBr)nc12. The van der Waals surface area contributed by atoms with Crippen LogP contribution in [0.4, 0.5) is 0 Å². The number of carboxylic acid groups (broad SMARTS) is 1. The van der Waals surface area contributed by atoms with Crippen LogP contribution in [-0.2, 0) is 17.6 Å². The summed E-state index contributed by atoms with van der Waals surface area (Å²) in [7, 11) is 0. The van der Waals surface area contributed by atoms with Crippen LogP contribution in [0.5, 0.6) is 0 Å². The van der Waals surface area contributed by atoms with E-state index in [-0.39, 0.29) is 6.42 Å². The summed E-state index contributed by atoms with van der Waals surface area (Å²) in [5.74, 6) is 0.0438. The first-order valence-electron chi connectivity index (χ1n) is 4.95. The lowest BCUT2D eigenvalue weighted by Crippen LogP contribution is -2.00. The molecule has 16 heavy (non-hydrogen) atoms. The Morgan fingerprint density at radius 3 is 3.00 bits per heavy atom. The number of imidazole rings is 1. The Balaban J connectivity index is 2.45. The van der Waals surface area contributed by atoms with Gasteiger partial charge in [0, 0.05) is 11.8 Å². The number of hydrogen-bond acceptors (Lipinski definition) is 2. The summed E-state index contributed by atoms with van der Waals surface area (Å²) in [4.78, 5) is 18.3. The second-order valence-electron chi connectivity index (χ2n) is 3.51. The topological polar surface area (TPSA) is 66.0 Å². The molecule has 0 unspecified atom stereocenters. The van der Waals surface area contributed by atoms with Crippen molar-refractivity contribution < 1.29 is 9.90 Å². The highest BCUT2D eigenvalue weighted by Crippen LogP contribution is 2.17. The van der Waals surface area contributed by atoms with Gasteiger partial charge in [0.1, 0.15) is 5.82 Å². The van der Waals surface area contributed by atoms with Gasteiger partial charge < -0.3 is 10.1 Å². The highest BCUT2D eigenvalue weighted by atomic mass is 79.9. The molecule has 84 valence electrons. The minimum atomic E-state index is -0.836. The fraction of sp³-hybridized carbons (Fsp3) is 0.273. The number of aryl methyl sites for hydroxylation is 1. The van der Waals surface area contributed by atoms with E-state index in [0.717, 1.165) is 34.2 Å². The Hall–Kier alpha value is -1.36. The van der Waals surface area contributed by atoms with Crippen molar-refractivity contribution in [3.05, 3.63) is 29.6 Å². The van der Waals surface area contributed by atoms with Crippen LogP contribution in [0.15, 0.2) is 18.2 Å². The third-order valence-corrected chi connectivity index (χ3v) is 2.71. The van der Waals surface area contributed by atoms with E-state index >= 15 is 0 Å². The molecule has 0 bridgehead atoms. The molecular formula is C11H11BrN2O2. The van der Waals surface area contributed by atoms with Crippen molar-refractivity contribution in [2.75, 3.05) is 5.33 Å². The maximum absolute atomic E-state index is 10.7. The number of carbonyl (C=O) groups is 1. The van der Waals surface area contributed by atoms with Crippen LogP contribution >= 0.6 is 15.9 Å². The molecule has 0 spiro atoms. The molecule has 5 heteroatoms. The molecule has 4 nitrogen and oxygen atoms in total. The number of fused-ring (bicyclic) bond motifs is 1. The molecule has 0 aliphatic carbocycles. The molecule has 1 aromatic heterocycles. The molecule has 0 radical (unpaired) electrons. The van der Waals surface area contributed by atoms with Crippen molar-refractivity contribution in [2.45, 2.75) is 12.8 Å². The van der Waals surface area contributed by atoms with E-state index in [2.05, 4.69) is 25.9 Å². The number of aromatic nitrogens is 2. The second-order valence-corrected chi connectivity index (χ2v) is 4.30. The maximum Gasteiger partial charge on any atom is 0.307 e. The number of halogens is 1. The number of carboxylic acids is 1. The van der Waals surface area contributed by atoms with Crippen LogP contribution in [0.2, 0.25) is 0 Å². The average molecular weight is 283 g/mol. The fourth-order valence-corrected chi connectivity index (χ4v) is 2.03. The van der Waals surface area contributed by atoms with Crippen molar-refractivity contribution >= 4 is 32.9 Å². The van der Waals surface area contributed by atoms with E-state index in [1.54, 1.807) is 6.07 Å². The van der Waals surface area contributed by atoms with E-state index < -0.39 is 5.97 Å². The summed E-state index contributed by atoms with van der Waals surface area (Å²) >= 11 is 3.35. The fourth-order valence-electron chi connectivity index (χ4n) is 1.66. The Kier molecular flexibility index (Phi) is 3.24. The first kappa shape index (κ1) is 11.1. The number of para-hydroxylation sites is 1. The number of aliphatic carboxylic acids is 1. The number of benzene rings is 1. The molecule has 2 aromatic rings. The van der Waals surface area contributed by atoms with E-state index in [1.165, 1.54) is 0 Å². The van der Waals surface area contributed by atoms with Crippen LogP contribution in [0, 0.1) is 0 Å². The van der Waals surface area contributed by atoms with Crippen molar-refractivity contribution in [1.82, 2.24) is 9.97 Å². The standard InChI is InChI=1S/C11H11BrN2O2/c12-5-4-9-13-8-3-1-2-7(6-10(15)16)11(8)14-9/h1-3H,4-6H2,(H,13,14)(H,15,16). The van der Waals surface area contributed by atoms with Crippen molar-refractivity contribution in [1.29, 1.82) is 0 Å². The largest absolute Gasteiger partial charge is 0.481 e. The van der Waals surface area contributed by atoms with Crippen LogP contribution < -0.4 is 0 Å². The molecule has 0 amide bonds. The Morgan fingerprint density at radius 2 is 2.31 bits per heavy atom. The summed E-state index contributed by atoms with van der Waals surface area (Å²) in [6.07, 6.45) is 0.817. The molecule has 0 aliphatic rings. The summed E-state index contributed by atoms with van der Waals surface area (Å²) < 4.78 is 0. The van der Waals surface area contributed by atoms with Gasteiger partial charge >= 0.3 is 5.97 Å². The normalized spacial score (nSPS) is 10.8. The number of nitrogens with zero attached hydrogens (tertiary/aromatic N) is 1. The van der Waals surface area contributed by atoms with Crippen LogP contribution in [-0.4, -0.2) is 26.4 Å². The number of rotatable bonds is 4. The third-order valence-electron chi connectivity index (χ3n) is 2.32. The van der Waals surface area contributed by atoms with Gasteiger partial charge in [-0.25, -0.2) is 4.98 Å². The Bertz CT molecular complexity index is 522. The first-order chi connectivity index (χ1) is 7.70. The minimum absolute atomic E-state index is 0.00987. The van der Waals surface area contributed by atoms with E-state index in [1.807, 2.05) is 12.1 Å². The summed E-state index contributed by atoms with van der Waals surface area (Å²) in [5.41, 5.74) is 2.41. The molecule has 0 fully saturated rings. The first-order valence-corrected chi connectivity index (χ1v) is 6.07. The van der Waals surface area contributed by atoms with E-state index in [4.69, 9.17) is 5.11 Å². The number of nitrogens with one attached hydrogen (secondary N) is 1. The highest BCUT2D eigenvalue weighted by Gasteiger charge is 2.09. The highest BCUT2D eigenvalue weighted by molar-refractivity contribution is 9.09. The smallest absolute Gasteiger partial charge is 0.307 e. The minimum Gasteiger partial charge on any atom is -0.481 e. The zero-order chi connectivity index (χ0) is 11.5. The molecule has 0 aliphatic heterocycles. The van der Waals surface area contributed by atoms with Gasteiger partial charge in [0.2, 0.25) is 0 Å². The van der Waals surface area contributed by atoms with Crippen molar-refractivity contribution in [3.8, 4) is 0 Å². The van der Waals surface area contributed by atoms with Crippen LogP contribution in [0.25, 0.3) is 11.0 Å². The van der Waals surface area contributed by atoms with Crippen LogP contribution in [0.3, 0.4) is 0 Å². The molecule has 0 saturated heterocycles. The van der Waals surface area contributed by atoms with E-state index in [0.29, 0.717) is 0 Å². The van der Waals surface area contributed by atoms with Crippen molar-refractivity contribution in [3.63, 3.8) is 0 Å². The van der Waals surface area contributed by atoms with Gasteiger partial charge in [0.15, 0.2) is 0 Å². The molecule has 1 heterocycles. The molecule has 1 aromatic carbocycles. The number of hydrogen-bond donors (Lipinski definition) is 2. The lowest BCUT2D eigenvalue weighted by molar-refractivity contribution is -0.136. The number of aromatic amines is 1. The molecule has 2 rings (SSSR count). The van der Waals surface area contributed by atoms with Gasteiger partial charge in [-0.2, -0.15) is 0 Å². The zero-order valence-corrected chi connectivity index (χ0v) is 10.1. The van der Waals surface area contributed by atoms with E-state index in [9.17, 15) is 4.79 Å². The molecule has 0 atom stereocenters. The lowest BCUT2D eigenvalue weighted by Gasteiger charge is -1.96. The molecular weight excluding hydrogens is 272 g/mol. The molecule has 0 saturated carbocycles.